The summed E-state index contributed by atoms with van der Waals surface area (Å²) in [4.78, 5) is 9.17. The Kier molecular flexibility index (Phi) is 5.69. The molecule has 0 aliphatic carbocycles. The third kappa shape index (κ3) is 3.72. The van der Waals surface area contributed by atoms with Gasteiger partial charge in [0, 0.05) is 0 Å². The van der Waals surface area contributed by atoms with E-state index in [1.807, 2.05) is 0 Å². The maximum Gasteiger partial charge on any atom is 0.124 e. The minimum Gasteiger partial charge on any atom is -0.388 e. The molecule has 0 bridgehead atoms. The molecule has 1 aromatic rings. The predicted molar refractivity (Wildman–Crippen MR) is 72.9 cm³/mol. The van der Waals surface area contributed by atoms with Gasteiger partial charge in [-0.05, 0) is 18.6 Å². The highest BCUT2D eigenvalue weighted by molar-refractivity contribution is 7.99. The molecule has 1 rings (SSSR count). The number of nitrogens with two attached hydrogens (primary N) is 1. The fraction of sp³-hybridized carbons (Fsp3) is 0.545. The Balaban J connectivity index is 2.95. The second-order valence-corrected chi connectivity index (χ2v) is 4.99. The predicted octanol–water partition coefficient (Wildman–Crippen LogP) is 2.57. The van der Waals surface area contributed by atoms with Gasteiger partial charge in [0.2, 0.25) is 0 Å². The lowest BCUT2D eigenvalue weighted by Gasteiger charge is -2.07. The summed E-state index contributed by atoms with van der Waals surface area (Å²) >= 11 is 6.64. The highest BCUT2D eigenvalue weighted by Gasteiger charge is 2.08. The molecule has 0 atom stereocenters. The molecule has 0 aliphatic rings. The number of aryl methyl sites for hydroxylation is 1. The number of hydrogen-bond donors (Lipinski definition) is 1. The molecule has 1 heterocycles. The van der Waals surface area contributed by atoms with Crippen LogP contribution in [-0.4, -0.2) is 20.7 Å². The van der Waals surface area contributed by atoms with Gasteiger partial charge in [0.05, 0.1) is 11.9 Å². The number of nitrogens with zero attached hydrogens (tertiary/aromatic N) is 2. The number of thioether (sulfide) groups is 1. The van der Waals surface area contributed by atoms with Crippen LogP contribution < -0.4 is 5.73 Å². The number of aromatic nitrogens is 2. The smallest absolute Gasteiger partial charge is 0.124 e. The molecule has 3 nitrogen and oxygen atoms in total. The SMILES string of the molecule is CCCSc1nc(C(N)=S)cnc1CCC. The summed E-state index contributed by atoms with van der Waals surface area (Å²) in [5, 5.41) is 0.981. The molecule has 0 radical (unpaired) electrons. The minimum absolute atomic E-state index is 0.314. The molecule has 16 heavy (non-hydrogen) atoms. The fourth-order valence-electron chi connectivity index (χ4n) is 1.24. The fourth-order valence-corrected chi connectivity index (χ4v) is 2.22. The molecule has 88 valence electrons. The molecule has 5 heteroatoms. The molecular weight excluding hydrogens is 238 g/mol. The Bertz CT molecular complexity index is 366. The van der Waals surface area contributed by atoms with E-state index in [0.717, 1.165) is 35.7 Å². The third-order valence-corrected chi connectivity index (χ3v) is 3.42. The van der Waals surface area contributed by atoms with Gasteiger partial charge in [0.1, 0.15) is 15.7 Å². The Hall–Kier alpha value is -0.680. The van der Waals surface area contributed by atoms with Crippen LogP contribution in [0, 0.1) is 0 Å². The summed E-state index contributed by atoms with van der Waals surface area (Å²) in [6, 6.07) is 0. The third-order valence-electron chi connectivity index (χ3n) is 1.99. The number of rotatable bonds is 6. The molecule has 0 aromatic carbocycles. The van der Waals surface area contributed by atoms with Crippen LogP contribution in [0.4, 0.5) is 0 Å². The monoisotopic (exact) mass is 255 g/mol. The molecule has 0 saturated carbocycles. The summed E-state index contributed by atoms with van der Waals surface area (Å²) in [6.45, 7) is 4.29. The van der Waals surface area contributed by atoms with E-state index in [2.05, 4.69) is 23.8 Å². The van der Waals surface area contributed by atoms with E-state index >= 15 is 0 Å². The summed E-state index contributed by atoms with van der Waals surface area (Å²) in [7, 11) is 0. The van der Waals surface area contributed by atoms with Crippen LogP contribution in [0.3, 0.4) is 0 Å². The first-order chi connectivity index (χ1) is 7.69. The van der Waals surface area contributed by atoms with Gasteiger partial charge in [-0.3, -0.25) is 4.98 Å². The molecule has 0 saturated heterocycles. The van der Waals surface area contributed by atoms with E-state index in [9.17, 15) is 0 Å². The topological polar surface area (TPSA) is 51.8 Å². The van der Waals surface area contributed by atoms with E-state index in [1.54, 1.807) is 18.0 Å². The molecule has 0 spiro atoms. The van der Waals surface area contributed by atoms with Crippen LogP contribution in [0.1, 0.15) is 38.1 Å². The van der Waals surface area contributed by atoms with Crippen LogP contribution >= 0.6 is 24.0 Å². The lowest BCUT2D eigenvalue weighted by molar-refractivity contribution is 0.822. The van der Waals surface area contributed by atoms with Crippen molar-refractivity contribution in [1.29, 1.82) is 0 Å². The Morgan fingerprint density at radius 2 is 2.19 bits per heavy atom. The highest BCUT2D eigenvalue weighted by Crippen LogP contribution is 2.21. The van der Waals surface area contributed by atoms with E-state index in [0.29, 0.717) is 10.7 Å². The molecule has 2 N–H and O–H groups in total. The maximum atomic E-state index is 5.56. The minimum atomic E-state index is 0.314. The largest absolute Gasteiger partial charge is 0.388 e. The molecular formula is C11H17N3S2. The number of thiocarbonyl (C=S) groups is 1. The normalized spacial score (nSPS) is 10.4. The summed E-state index contributed by atoms with van der Waals surface area (Å²) < 4.78 is 0. The average Bonchev–Trinajstić information content (AvgIpc) is 2.27. The van der Waals surface area contributed by atoms with Gasteiger partial charge in [0.25, 0.3) is 0 Å². The Morgan fingerprint density at radius 3 is 2.75 bits per heavy atom. The van der Waals surface area contributed by atoms with Crippen LogP contribution in [-0.2, 0) is 6.42 Å². The molecule has 0 aliphatic heterocycles. The first kappa shape index (κ1) is 13.4. The standard InChI is InChI=1S/C11H17N3S2/c1-3-5-8-11(16-6-4-2)14-9(7-13-8)10(12)15/h7H,3-6H2,1-2H3,(H2,12,15). The number of hydrogen-bond acceptors (Lipinski definition) is 4. The van der Waals surface area contributed by atoms with Gasteiger partial charge in [0.15, 0.2) is 0 Å². The van der Waals surface area contributed by atoms with Gasteiger partial charge in [-0.25, -0.2) is 4.98 Å². The summed E-state index contributed by atoms with van der Waals surface area (Å²) in [5.41, 5.74) is 7.23. The Morgan fingerprint density at radius 1 is 1.44 bits per heavy atom. The van der Waals surface area contributed by atoms with Crippen LogP contribution in [0.2, 0.25) is 0 Å². The van der Waals surface area contributed by atoms with E-state index in [-0.39, 0.29) is 0 Å². The van der Waals surface area contributed by atoms with Crippen molar-refractivity contribution in [3.05, 3.63) is 17.6 Å². The molecule has 1 aromatic heterocycles. The van der Waals surface area contributed by atoms with E-state index in [4.69, 9.17) is 18.0 Å². The zero-order valence-electron chi connectivity index (χ0n) is 9.69. The highest BCUT2D eigenvalue weighted by atomic mass is 32.2. The van der Waals surface area contributed by atoms with Crippen molar-refractivity contribution in [3.8, 4) is 0 Å². The van der Waals surface area contributed by atoms with Crippen molar-refractivity contribution in [2.24, 2.45) is 5.73 Å². The van der Waals surface area contributed by atoms with Gasteiger partial charge >= 0.3 is 0 Å². The average molecular weight is 255 g/mol. The first-order valence-electron chi connectivity index (χ1n) is 5.47. The molecule has 0 unspecified atom stereocenters. The van der Waals surface area contributed by atoms with Crippen molar-refractivity contribution in [2.75, 3.05) is 5.75 Å². The first-order valence-corrected chi connectivity index (χ1v) is 6.86. The van der Waals surface area contributed by atoms with Crippen molar-refractivity contribution in [1.82, 2.24) is 9.97 Å². The van der Waals surface area contributed by atoms with E-state index in [1.165, 1.54) is 0 Å². The zero-order chi connectivity index (χ0) is 12.0. The van der Waals surface area contributed by atoms with Gasteiger partial charge in [-0.1, -0.05) is 32.5 Å². The van der Waals surface area contributed by atoms with Gasteiger partial charge in [-0.2, -0.15) is 0 Å². The van der Waals surface area contributed by atoms with Gasteiger partial charge in [-0.15, -0.1) is 11.8 Å². The van der Waals surface area contributed by atoms with Crippen molar-refractivity contribution in [2.45, 2.75) is 38.1 Å². The zero-order valence-corrected chi connectivity index (χ0v) is 11.3. The van der Waals surface area contributed by atoms with Crippen LogP contribution in [0.15, 0.2) is 11.2 Å². The second kappa shape index (κ2) is 6.81. The maximum absolute atomic E-state index is 5.56. The lowest BCUT2D eigenvalue weighted by atomic mass is 10.2. The quantitative estimate of drug-likeness (QED) is 0.625. The van der Waals surface area contributed by atoms with Crippen LogP contribution in [0.25, 0.3) is 0 Å². The molecule has 0 amide bonds. The van der Waals surface area contributed by atoms with Gasteiger partial charge < -0.3 is 5.73 Å². The van der Waals surface area contributed by atoms with Crippen molar-refractivity contribution >= 4 is 29.0 Å². The Labute approximate surface area is 106 Å². The van der Waals surface area contributed by atoms with Crippen molar-refractivity contribution in [3.63, 3.8) is 0 Å². The summed E-state index contributed by atoms with van der Waals surface area (Å²) in [6.07, 6.45) is 4.82. The molecule has 0 fully saturated rings. The van der Waals surface area contributed by atoms with E-state index < -0.39 is 0 Å². The van der Waals surface area contributed by atoms with Crippen LogP contribution in [0.5, 0.6) is 0 Å². The summed E-state index contributed by atoms with van der Waals surface area (Å²) in [5.74, 6) is 1.05. The lowest BCUT2D eigenvalue weighted by Crippen LogP contribution is -2.13. The second-order valence-electron chi connectivity index (χ2n) is 3.47. The van der Waals surface area contributed by atoms with Crippen molar-refractivity contribution < 1.29 is 0 Å².